The number of carboxylic acids is 1. The highest BCUT2D eigenvalue weighted by Gasteiger charge is 2.31. The van der Waals surface area contributed by atoms with Crippen LogP contribution < -0.4 is 5.32 Å². The van der Waals surface area contributed by atoms with Gasteiger partial charge in [0.2, 0.25) is 0 Å². The van der Waals surface area contributed by atoms with Gasteiger partial charge in [0.15, 0.2) is 0 Å². The van der Waals surface area contributed by atoms with Crippen LogP contribution in [-0.4, -0.2) is 34.6 Å². The number of carbonyl (C=O) groups is 2. The lowest BCUT2D eigenvalue weighted by atomic mass is 10.0. The normalized spacial score (nSPS) is 19.2. The first-order chi connectivity index (χ1) is 9.08. The van der Waals surface area contributed by atoms with Gasteiger partial charge < -0.3 is 15.3 Å². The van der Waals surface area contributed by atoms with Crippen molar-refractivity contribution in [1.82, 2.24) is 10.2 Å². The fourth-order valence-corrected chi connectivity index (χ4v) is 3.53. The lowest BCUT2D eigenvalue weighted by Gasteiger charge is -2.32. The van der Waals surface area contributed by atoms with E-state index in [1.807, 2.05) is 11.4 Å². The number of halogens is 1. The standard InChI is InChI=1S/C12H15BrN2O3S/c13-8-5-9(19-7-8)6-14-12(18)15-4-2-1-3-10(15)11(16)17/h5,7,10H,1-4,6H2,(H,14,18)(H,16,17). The van der Waals surface area contributed by atoms with Gasteiger partial charge in [-0.05, 0) is 41.3 Å². The van der Waals surface area contributed by atoms with Crippen LogP contribution in [-0.2, 0) is 11.3 Å². The highest BCUT2D eigenvalue weighted by atomic mass is 79.9. The number of nitrogens with one attached hydrogen (secondary N) is 1. The molecule has 2 heterocycles. The third kappa shape index (κ3) is 3.70. The summed E-state index contributed by atoms with van der Waals surface area (Å²) in [7, 11) is 0. The third-order valence-corrected chi connectivity index (χ3v) is 4.78. The highest BCUT2D eigenvalue weighted by Crippen LogP contribution is 2.20. The molecule has 1 unspecified atom stereocenters. The quantitative estimate of drug-likeness (QED) is 0.883. The molecular weight excluding hydrogens is 332 g/mol. The smallest absolute Gasteiger partial charge is 0.326 e. The first kappa shape index (κ1) is 14.3. The molecule has 2 rings (SSSR count). The maximum atomic E-state index is 12.0. The lowest BCUT2D eigenvalue weighted by Crippen LogP contribution is -2.51. The van der Waals surface area contributed by atoms with Gasteiger partial charge in [-0.15, -0.1) is 11.3 Å². The Morgan fingerprint density at radius 3 is 2.95 bits per heavy atom. The number of likely N-dealkylation sites (tertiary alicyclic amines) is 1. The van der Waals surface area contributed by atoms with Crippen molar-refractivity contribution in [3.8, 4) is 0 Å². The Hall–Kier alpha value is -1.08. The number of piperidine rings is 1. The molecule has 19 heavy (non-hydrogen) atoms. The molecule has 0 radical (unpaired) electrons. The molecule has 5 nitrogen and oxygen atoms in total. The van der Waals surface area contributed by atoms with Crippen molar-refractivity contribution >= 4 is 39.3 Å². The zero-order chi connectivity index (χ0) is 13.8. The summed E-state index contributed by atoms with van der Waals surface area (Å²) in [6, 6.07) is 0.955. The van der Waals surface area contributed by atoms with Crippen LogP contribution in [0, 0.1) is 0 Å². The Kier molecular flexibility index (Phi) is 4.81. The molecule has 1 aliphatic heterocycles. The summed E-state index contributed by atoms with van der Waals surface area (Å²) < 4.78 is 0.989. The number of aliphatic carboxylic acids is 1. The molecule has 1 aromatic heterocycles. The summed E-state index contributed by atoms with van der Waals surface area (Å²) in [5.41, 5.74) is 0. The van der Waals surface area contributed by atoms with E-state index in [9.17, 15) is 9.59 Å². The van der Waals surface area contributed by atoms with E-state index in [0.717, 1.165) is 22.2 Å². The van der Waals surface area contributed by atoms with Crippen molar-refractivity contribution in [1.29, 1.82) is 0 Å². The van der Waals surface area contributed by atoms with Gasteiger partial charge in [0.05, 0.1) is 6.54 Å². The van der Waals surface area contributed by atoms with E-state index in [1.54, 1.807) is 11.3 Å². The van der Waals surface area contributed by atoms with Gasteiger partial charge >= 0.3 is 12.0 Å². The second-order valence-electron chi connectivity index (χ2n) is 4.43. The second-order valence-corrected chi connectivity index (χ2v) is 6.34. The van der Waals surface area contributed by atoms with Gasteiger partial charge in [-0.25, -0.2) is 9.59 Å². The van der Waals surface area contributed by atoms with Crippen molar-refractivity contribution in [2.45, 2.75) is 31.8 Å². The summed E-state index contributed by atoms with van der Waals surface area (Å²) in [4.78, 5) is 25.6. The molecule has 7 heteroatoms. The number of hydrogen-bond acceptors (Lipinski definition) is 3. The molecule has 0 spiro atoms. The number of urea groups is 1. The number of nitrogens with zero attached hydrogens (tertiary/aromatic N) is 1. The molecule has 1 aromatic rings. The predicted octanol–water partition coefficient (Wildman–Crippen LogP) is 2.66. The van der Waals surface area contributed by atoms with Crippen molar-refractivity contribution in [3.05, 3.63) is 20.8 Å². The number of hydrogen-bond donors (Lipinski definition) is 2. The van der Waals surface area contributed by atoms with Crippen LogP contribution in [0.3, 0.4) is 0 Å². The van der Waals surface area contributed by atoms with Crippen LogP contribution in [0.25, 0.3) is 0 Å². The fourth-order valence-electron chi connectivity index (χ4n) is 2.14. The highest BCUT2D eigenvalue weighted by molar-refractivity contribution is 9.10. The summed E-state index contributed by atoms with van der Waals surface area (Å²) in [5, 5.41) is 13.8. The topological polar surface area (TPSA) is 69.6 Å². The zero-order valence-corrected chi connectivity index (χ0v) is 12.7. The summed E-state index contributed by atoms with van der Waals surface area (Å²) in [6.45, 7) is 0.939. The van der Waals surface area contributed by atoms with Crippen LogP contribution in [0.15, 0.2) is 15.9 Å². The summed E-state index contributed by atoms with van der Waals surface area (Å²) in [6.07, 6.45) is 2.26. The van der Waals surface area contributed by atoms with E-state index in [0.29, 0.717) is 19.5 Å². The van der Waals surface area contributed by atoms with E-state index in [2.05, 4.69) is 21.2 Å². The van der Waals surface area contributed by atoms with E-state index >= 15 is 0 Å². The lowest BCUT2D eigenvalue weighted by molar-refractivity contribution is -0.143. The van der Waals surface area contributed by atoms with Crippen LogP contribution in [0.1, 0.15) is 24.1 Å². The Balaban J connectivity index is 1.92. The molecule has 104 valence electrons. The average Bonchev–Trinajstić information content (AvgIpc) is 2.81. The first-order valence-corrected chi connectivity index (χ1v) is 7.75. The van der Waals surface area contributed by atoms with Crippen LogP contribution in [0.2, 0.25) is 0 Å². The second kappa shape index (κ2) is 6.38. The number of thiophene rings is 1. The molecule has 1 atom stereocenters. The molecule has 0 saturated carbocycles. The third-order valence-electron chi connectivity index (χ3n) is 3.08. The molecule has 1 saturated heterocycles. The Bertz CT molecular complexity index is 477. The molecule has 0 aromatic carbocycles. The monoisotopic (exact) mass is 346 g/mol. The Morgan fingerprint density at radius 2 is 2.32 bits per heavy atom. The molecular formula is C12H15BrN2O3S. The molecule has 2 N–H and O–H groups in total. The molecule has 0 bridgehead atoms. The van der Waals surface area contributed by atoms with Crippen molar-refractivity contribution < 1.29 is 14.7 Å². The van der Waals surface area contributed by atoms with Gasteiger partial charge in [-0.1, -0.05) is 0 Å². The SMILES string of the molecule is O=C(O)C1CCCCN1C(=O)NCc1cc(Br)cs1. The van der Waals surface area contributed by atoms with Gasteiger partial charge in [0.25, 0.3) is 0 Å². The van der Waals surface area contributed by atoms with Crippen LogP contribution in [0.4, 0.5) is 4.79 Å². The molecule has 1 fully saturated rings. The fraction of sp³-hybridized carbons (Fsp3) is 0.500. The maximum Gasteiger partial charge on any atom is 0.326 e. The molecule has 0 aliphatic carbocycles. The minimum Gasteiger partial charge on any atom is -0.480 e. The Morgan fingerprint density at radius 1 is 1.53 bits per heavy atom. The number of carboxylic acid groups (broad SMARTS) is 1. The van der Waals surface area contributed by atoms with E-state index in [4.69, 9.17) is 5.11 Å². The van der Waals surface area contributed by atoms with Gasteiger partial charge in [0, 0.05) is 21.3 Å². The minimum atomic E-state index is -0.922. The van der Waals surface area contributed by atoms with E-state index < -0.39 is 12.0 Å². The van der Waals surface area contributed by atoms with E-state index in [-0.39, 0.29) is 6.03 Å². The van der Waals surface area contributed by atoms with Crippen LogP contribution in [0.5, 0.6) is 0 Å². The maximum absolute atomic E-state index is 12.0. The number of amides is 2. The molecule has 2 amide bonds. The van der Waals surface area contributed by atoms with Crippen molar-refractivity contribution in [2.75, 3.05) is 6.54 Å². The minimum absolute atomic E-state index is 0.295. The van der Waals surface area contributed by atoms with Crippen molar-refractivity contribution in [3.63, 3.8) is 0 Å². The van der Waals surface area contributed by atoms with E-state index in [1.165, 1.54) is 4.90 Å². The number of carbonyl (C=O) groups excluding carboxylic acids is 1. The van der Waals surface area contributed by atoms with Gasteiger partial charge in [0.1, 0.15) is 6.04 Å². The van der Waals surface area contributed by atoms with Gasteiger partial charge in [-0.2, -0.15) is 0 Å². The molecule has 1 aliphatic rings. The summed E-state index contributed by atoms with van der Waals surface area (Å²) >= 11 is 4.90. The van der Waals surface area contributed by atoms with Crippen molar-refractivity contribution in [2.24, 2.45) is 0 Å². The summed E-state index contributed by atoms with van der Waals surface area (Å²) in [5.74, 6) is -0.922. The largest absolute Gasteiger partial charge is 0.480 e. The Labute approximate surface area is 123 Å². The first-order valence-electron chi connectivity index (χ1n) is 6.08. The van der Waals surface area contributed by atoms with Gasteiger partial charge in [-0.3, -0.25) is 0 Å². The zero-order valence-electron chi connectivity index (χ0n) is 10.3. The van der Waals surface area contributed by atoms with Crippen LogP contribution >= 0.6 is 27.3 Å². The average molecular weight is 347 g/mol. The predicted molar refractivity (Wildman–Crippen MR) is 76.2 cm³/mol. The number of rotatable bonds is 3.